The molecule has 0 aliphatic rings. The minimum atomic E-state index is -1.39. The Balaban J connectivity index is 0.000000157. The number of nitrogens with two attached hydrogens (primary N) is 2. The number of nitrogens with zero attached hydrogens (tertiary/aromatic N) is 13. The summed E-state index contributed by atoms with van der Waals surface area (Å²) in [4.78, 5) is 38.6. The first-order valence-corrected chi connectivity index (χ1v) is 26.0. The van der Waals surface area contributed by atoms with Gasteiger partial charge < -0.3 is 21.5 Å². The number of anilines is 2. The summed E-state index contributed by atoms with van der Waals surface area (Å²) < 4.78 is 59.2. The molecule has 0 spiro atoms. The third-order valence-corrected chi connectivity index (χ3v) is 12.9. The van der Waals surface area contributed by atoms with Gasteiger partial charge in [0.15, 0.2) is 22.9 Å². The molecule has 0 bridgehead atoms. The van der Waals surface area contributed by atoms with Crippen molar-refractivity contribution in [2.24, 2.45) is 0 Å². The summed E-state index contributed by atoms with van der Waals surface area (Å²) in [5.74, 6) is -0.632. The van der Waals surface area contributed by atoms with Crippen LogP contribution in [0, 0.1) is 23.3 Å². The van der Waals surface area contributed by atoms with E-state index in [0.717, 1.165) is 46.4 Å². The van der Waals surface area contributed by atoms with Crippen molar-refractivity contribution >= 4 is 67.6 Å². The quantitative estimate of drug-likeness (QED) is 0.0696. The van der Waals surface area contributed by atoms with E-state index < -0.39 is 18.8 Å². The molecule has 0 radical (unpaired) electrons. The van der Waals surface area contributed by atoms with Crippen molar-refractivity contribution in [3.8, 4) is 33.6 Å². The molecule has 0 aliphatic heterocycles. The topological polar surface area (TPSA) is 243 Å². The molecule has 24 heteroatoms. The minimum Gasteiger partial charge on any atom is -0.423 e. The summed E-state index contributed by atoms with van der Waals surface area (Å²) in [7, 11) is -1.39. The molecule has 11 rings (SSSR count). The van der Waals surface area contributed by atoms with Crippen LogP contribution >= 0.6 is 31.9 Å². The van der Waals surface area contributed by atoms with Crippen molar-refractivity contribution in [3.05, 3.63) is 213 Å². The fraction of sp³-hybridized carbons (Fsp3) is 0.145. The molecule has 79 heavy (non-hydrogen) atoms. The van der Waals surface area contributed by atoms with Gasteiger partial charge in [-0.05, 0) is 155 Å². The Morgan fingerprint density at radius 2 is 0.975 bits per heavy atom. The molecule has 9 aromatic heterocycles. The predicted molar refractivity (Wildman–Crippen MR) is 300 cm³/mol. The first-order chi connectivity index (χ1) is 38.1. The van der Waals surface area contributed by atoms with Gasteiger partial charge in [-0.2, -0.15) is 9.03 Å². The van der Waals surface area contributed by atoms with Gasteiger partial charge in [-0.1, -0.05) is 36.7 Å². The lowest BCUT2D eigenvalue weighted by atomic mass is 9.80. The van der Waals surface area contributed by atoms with Gasteiger partial charge in [-0.15, -0.1) is 10.2 Å². The van der Waals surface area contributed by atoms with Gasteiger partial charge in [0.1, 0.15) is 23.3 Å². The van der Waals surface area contributed by atoms with E-state index in [1.54, 1.807) is 48.8 Å². The first kappa shape index (κ1) is 56.7. The number of nitrogen functional groups attached to an aromatic ring is 2. The maximum absolute atomic E-state index is 14.2. The number of benzene rings is 2. The zero-order valence-corrected chi connectivity index (χ0v) is 45.7. The van der Waals surface area contributed by atoms with Crippen LogP contribution in [0.4, 0.5) is 29.5 Å². The van der Waals surface area contributed by atoms with Gasteiger partial charge in [-0.25, -0.2) is 37.5 Å². The molecular formula is C55H48BBr2F4N15O2. The Labute approximate surface area is 467 Å². The molecule has 0 unspecified atom stereocenters. The van der Waals surface area contributed by atoms with Crippen molar-refractivity contribution in [2.45, 2.75) is 52.9 Å². The van der Waals surface area contributed by atoms with Crippen molar-refractivity contribution in [1.82, 2.24) is 64.1 Å². The lowest BCUT2D eigenvalue weighted by Gasteiger charge is -2.12. The van der Waals surface area contributed by atoms with Crippen LogP contribution in [0.25, 0.3) is 44.9 Å². The molecular weight excluding hydrogens is 1150 g/mol. The molecule has 17 nitrogen and oxygen atoms in total. The smallest absolute Gasteiger partial charge is 0.423 e. The van der Waals surface area contributed by atoms with Gasteiger partial charge in [0.2, 0.25) is 11.9 Å². The number of hydrogen-bond acceptors (Lipinski definition) is 15. The van der Waals surface area contributed by atoms with E-state index in [2.05, 4.69) is 93.8 Å². The maximum atomic E-state index is 14.2. The maximum Gasteiger partial charge on any atom is 0.488 e. The zero-order valence-electron chi connectivity index (χ0n) is 42.5. The SMILES string of the molecule is CCc1cc(-c2c(-c3ccc(F)cc3)nc(N)n3nc(Cc4ncccc4F)nc23)ccn1.CCc1cc(B(O)O)ccn1.CCc1cc(Br)ccn1.Nc1nc(-c2ccc(F)cc2)c(Br)c2nc(Cc3ncccc3F)nn12. The van der Waals surface area contributed by atoms with Gasteiger partial charge in [-0.3, -0.25) is 24.9 Å². The number of aromatic nitrogens is 13. The lowest BCUT2D eigenvalue weighted by Crippen LogP contribution is -2.30. The van der Waals surface area contributed by atoms with Crippen molar-refractivity contribution < 1.29 is 27.6 Å². The molecule has 0 aliphatic carbocycles. The minimum absolute atomic E-state index is 0.0929. The van der Waals surface area contributed by atoms with Crippen molar-refractivity contribution in [3.63, 3.8) is 0 Å². The summed E-state index contributed by atoms with van der Waals surface area (Å²) in [5.41, 5.74) is 20.9. The molecule has 9 heterocycles. The Morgan fingerprint density at radius 1 is 0.506 bits per heavy atom. The average Bonchev–Trinajstić information content (AvgIpc) is 4.15. The predicted octanol–water partition coefficient (Wildman–Crippen LogP) is 9.39. The molecule has 400 valence electrons. The van der Waals surface area contributed by atoms with Crippen LogP contribution in [0.15, 0.2) is 149 Å². The molecule has 6 N–H and O–H groups in total. The van der Waals surface area contributed by atoms with E-state index in [0.29, 0.717) is 61.0 Å². The molecule has 0 saturated carbocycles. The molecule has 0 saturated heterocycles. The van der Waals surface area contributed by atoms with Crippen LogP contribution < -0.4 is 16.9 Å². The van der Waals surface area contributed by atoms with Crippen LogP contribution in [-0.4, -0.2) is 81.3 Å². The lowest BCUT2D eigenvalue weighted by molar-refractivity contribution is 0.425. The van der Waals surface area contributed by atoms with E-state index >= 15 is 0 Å². The monoisotopic (exact) mass is 1200 g/mol. The number of aryl methyl sites for hydroxylation is 3. The second kappa shape index (κ2) is 26.3. The summed E-state index contributed by atoms with van der Waals surface area (Å²) in [6.45, 7) is 6.07. The molecule has 0 fully saturated rings. The summed E-state index contributed by atoms with van der Waals surface area (Å²) >= 11 is 6.82. The highest BCUT2D eigenvalue weighted by molar-refractivity contribution is 9.11. The zero-order chi connectivity index (χ0) is 56.2. The Hall–Kier alpha value is -8.45. The van der Waals surface area contributed by atoms with E-state index in [-0.39, 0.29) is 47.8 Å². The summed E-state index contributed by atoms with van der Waals surface area (Å²) in [6, 6.07) is 28.6. The number of pyridine rings is 5. The molecule has 0 amide bonds. The standard InChI is InChI=1S/C24H19F2N7.C17H11BrF2N6.C7H10BNO2.C7H8BrN/c1-2-17-12-15(9-11-28-17)21-22(14-5-7-16(25)8-6-14)31-24(27)33-23(21)30-20(32-33)13-19-18(26)4-3-10-29-19;18-14-15(9-3-5-10(19)6-4-9)24-17(21)26-16(14)23-13(25-26)8-12-11(20)2-1-7-22-12;1-2-7-5-6(8(10)11)3-4-9-7;1-2-7-5-6(8)3-4-9-7/h3-12H,2,13H2,1H3,(H2,27,31);1-7H,8H2,(H2,21,24);3-5,10-11H,2H2,1H3;3-5H,2H2,1H3. The molecule has 0 atom stereocenters. The number of rotatable bonds is 11. The van der Waals surface area contributed by atoms with Gasteiger partial charge in [0, 0.05) is 63.7 Å². The second-order valence-corrected chi connectivity index (χ2v) is 18.8. The van der Waals surface area contributed by atoms with Crippen LogP contribution in [0.2, 0.25) is 0 Å². The second-order valence-electron chi connectivity index (χ2n) is 17.1. The fourth-order valence-electron chi connectivity index (χ4n) is 7.72. The van der Waals surface area contributed by atoms with Gasteiger partial charge in [0.25, 0.3) is 0 Å². The molecule has 2 aromatic carbocycles. The molecule has 11 aromatic rings. The van der Waals surface area contributed by atoms with Gasteiger partial charge >= 0.3 is 7.12 Å². The van der Waals surface area contributed by atoms with Crippen LogP contribution in [0.3, 0.4) is 0 Å². The number of hydrogen-bond donors (Lipinski definition) is 4. The number of halogens is 6. The van der Waals surface area contributed by atoms with Crippen molar-refractivity contribution in [2.75, 3.05) is 11.5 Å². The van der Waals surface area contributed by atoms with E-state index in [1.165, 1.54) is 70.0 Å². The first-order valence-electron chi connectivity index (χ1n) is 24.5. The van der Waals surface area contributed by atoms with Crippen LogP contribution in [-0.2, 0) is 32.1 Å². The average molecular weight is 1200 g/mol. The van der Waals surface area contributed by atoms with Crippen LogP contribution in [0.5, 0.6) is 0 Å². The van der Waals surface area contributed by atoms with E-state index in [4.69, 9.17) is 21.5 Å². The normalized spacial score (nSPS) is 10.8. The number of fused-ring (bicyclic) bond motifs is 2. The van der Waals surface area contributed by atoms with E-state index in [9.17, 15) is 17.6 Å². The Bertz CT molecular complexity index is 3880. The third kappa shape index (κ3) is 14.2. The highest BCUT2D eigenvalue weighted by Gasteiger charge is 2.22. The van der Waals surface area contributed by atoms with E-state index in [1.807, 2.05) is 44.3 Å². The summed E-state index contributed by atoms with van der Waals surface area (Å²) in [5, 5.41) is 26.3. The highest BCUT2D eigenvalue weighted by atomic mass is 79.9. The van der Waals surface area contributed by atoms with Gasteiger partial charge in [0.05, 0.1) is 45.7 Å². The largest absolute Gasteiger partial charge is 0.488 e. The Morgan fingerprint density at radius 3 is 1.48 bits per heavy atom. The Kier molecular flexibility index (Phi) is 18.9. The highest BCUT2D eigenvalue weighted by Crippen LogP contribution is 2.36. The third-order valence-electron chi connectivity index (χ3n) is 11.7. The summed E-state index contributed by atoms with van der Waals surface area (Å²) in [6.07, 6.45) is 10.9. The van der Waals surface area contributed by atoms with Crippen molar-refractivity contribution in [1.29, 1.82) is 0 Å². The van der Waals surface area contributed by atoms with Crippen LogP contribution in [0.1, 0.15) is 60.9 Å². The fourth-order valence-corrected chi connectivity index (χ4v) is 8.68.